The Balaban J connectivity index is 1.37. The number of hydrogen-bond donors (Lipinski definition) is 1. The van der Waals surface area contributed by atoms with E-state index in [9.17, 15) is 19.6 Å². The van der Waals surface area contributed by atoms with E-state index in [1.54, 1.807) is 17.0 Å². The standard InChI is InChI=1S/C32H41F2N3O2/c1-3-32(34,4-2)22-36-16-13-23(14-17-36)7-8-24-9-10-25(18-27(24)20-35)26-11-12-29(30(33)19-26)31(39)37-15-5-6-28(37)21-38/h9-12,18-19,23,28,38H,3-8,13-17,21-22H2,1-2H3. The fourth-order valence-electron chi connectivity index (χ4n) is 6.06. The summed E-state index contributed by atoms with van der Waals surface area (Å²) in [5.74, 6) is -0.433. The normalized spacial score (nSPS) is 18.9. The van der Waals surface area contributed by atoms with E-state index in [2.05, 4.69) is 11.0 Å². The largest absolute Gasteiger partial charge is 0.394 e. The lowest BCUT2D eigenvalue weighted by Crippen LogP contribution is -2.43. The number of nitrogens with zero attached hydrogens (tertiary/aromatic N) is 3. The summed E-state index contributed by atoms with van der Waals surface area (Å²) >= 11 is 0. The first-order chi connectivity index (χ1) is 18.8. The van der Waals surface area contributed by atoms with Gasteiger partial charge in [0, 0.05) is 13.1 Å². The summed E-state index contributed by atoms with van der Waals surface area (Å²) in [4.78, 5) is 16.7. The fourth-order valence-corrected chi connectivity index (χ4v) is 6.06. The van der Waals surface area contributed by atoms with E-state index in [4.69, 9.17) is 0 Å². The number of piperidine rings is 1. The van der Waals surface area contributed by atoms with E-state index in [-0.39, 0.29) is 18.2 Å². The van der Waals surface area contributed by atoms with Crippen LogP contribution in [0.2, 0.25) is 0 Å². The number of aliphatic hydroxyl groups is 1. The monoisotopic (exact) mass is 537 g/mol. The number of carbonyl (C=O) groups excluding carboxylic acids is 1. The number of hydrogen-bond acceptors (Lipinski definition) is 4. The molecule has 2 heterocycles. The number of amides is 1. The van der Waals surface area contributed by atoms with E-state index in [1.165, 1.54) is 12.1 Å². The average Bonchev–Trinajstić information content (AvgIpc) is 3.45. The number of likely N-dealkylation sites (tertiary alicyclic amines) is 2. The molecule has 210 valence electrons. The third-order valence-electron chi connectivity index (χ3n) is 8.92. The molecule has 4 rings (SSSR count). The minimum absolute atomic E-state index is 0.00358. The molecule has 7 heteroatoms. The molecule has 0 bridgehead atoms. The zero-order chi connectivity index (χ0) is 28.0. The highest BCUT2D eigenvalue weighted by Crippen LogP contribution is 2.30. The Morgan fingerprint density at radius 3 is 2.41 bits per heavy atom. The predicted octanol–water partition coefficient (Wildman–Crippen LogP) is 6.13. The molecule has 2 saturated heterocycles. The second kappa shape index (κ2) is 13.0. The van der Waals surface area contributed by atoms with Crippen LogP contribution in [0.5, 0.6) is 0 Å². The molecule has 1 atom stereocenters. The number of benzene rings is 2. The number of halogens is 2. The van der Waals surface area contributed by atoms with E-state index in [0.29, 0.717) is 43.0 Å². The number of nitriles is 1. The smallest absolute Gasteiger partial charge is 0.257 e. The van der Waals surface area contributed by atoms with Gasteiger partial charge in [-0.3, -0.25) is 4.79 Å². The van der Waals surface area contributed by atoms with E-state index >= 15 is 4.39 Å². The fraction of sp³-hybridized carbons (Fsp3) is 0.562. The van der Waals surface area contributed by atoms with Gasteiger partial charge in [0.1, 0.15) is 11.5 Å². The maximum absolute atomic E-state index is 15.0. The molecule has 2 aromatic rings. The van der Waals surface area contributed by atoms with Crippen molar-refractivity contribution in [2.45, 2.75) is 76.9 Å². The van der Waals surface area contributed by atoms with Crippen molar-refractivity contribution in [3.63, 3.8) is 0 Å². The summed E-state index contributed by atoms with van der Waals surface area (Å²) < 4.78 is 29.8. The molecule has 0 aromatic heterocycles. The maximum atomic E-state index is 15.0. The van der Waals surface area contributed by atoms with Crippen molar-refractivity contribution >= 4 is 5.91 Å². The molecule has 5 nitrogen and oxygen atoms in total. The summed E-state index contributed by atoms with van der Waals surface area (Å²) in [6, 6.07) is 12.3. The first-order valence-corrected chi connectivity index (χ1v) is 14.5. The Morgan fingerprint density at radius 2 is 1.77 bits per heavy atom. The molecular weight excluding hydrogens is 496 g/mol. The van der Waals surface area contributed by atoms with Gasteiger partial charge in [-0.05, 0) is 105 Å². The van der Waals surface area contributed by atoms with Crippen LogP contribution in [0, 0.1) is 23.1 Å². The minimum atomic E-state index is -1.09. The Hall–Kier alpha value is -2.82. The van der Waals surface area contributed by atoms with E-state index in [1.807, 2.05) is 26.0 Å². The molecule has 1 unspecified atom stereocenters. The van der Waals surface area contributed by atoms with Crippen LogP contribution in [-0.2, 0) is 6.42 Å². The summed E-state index contributed by atoms with van der Waals surface area (Å²) in [6.07, 6.45) is 6.51. The van der Waals surface area contributed by atoms with Crippen LogP contribution in [-0.4, -0.2) is 65.3 Å². The van der Waals surface area contributed by atoms with Gasteiger partial charge in [-0.2, -0.15) is 5.26 Å². The van der Waals surface area contributed by atoms with Crippen LogP contribution in [0.1, 0.15) is 80.3 Å². The van der Waals surface area contributed by atoms with Gasteiger partial charge in [0.25, 0.3) is 5.91 Å². The van der Waals surface area contributed by atoms with Crippen molar-refractivity contribution < 1.29 is 18.7 Å². The lowest BCUT2D eigenvalue weighted by Gasteiger charge is -2.36. The second-order valence-corrected chi connectivity index (χ2v) is 11.3. The molecule has 0 spiro atoms. The molecule has 1 amide bonds. The summed E-state index contributed by atoms with van der Waals surface area (Å²) in [5.41, 5.74) is 1.83. The van der Waals surface area contributed by atoms with E-state index in [0.717, 1.165) is 62.7 Å². The molecule has 2 fully saturated rings. The molecular formula is C32H41F2N3O2. The first kappa shape index (κ1) is 29.2. The number of aliphatic hydroxyl groups excluding tert-OH is 1. The van der Waals surface area contributed by atoms with Gasteiger partial charge < -0.3 is 14.9 Å². The minimum Gasteiger partial charge on any atom is -0.394 e. The molecule has 0 aliphatic carbocycles. The highest BCUT2D eigenvalue weighted by Gasteiger charge is 2.31. The van der Waals surface area contributed by atoms with Crippen molar-refractivity contribution in [3.05, 3.63) is 58.9 Å². The lowest BCUT2D eigenvalue weighted by atomic mass is 9.88. The molecule has 39 heavy (non-hydrogen) atoms. The molecule has 2 aliphatic rings. The Kier molecular flexibility index (Phi) is 9.74. The van der Waals surface area contributed by atoms with Gasteiger partial charge in [0.2, 0.25) is 0 Å². The van der Waals surface area contributed by atoms with Crippen molar-refractivity contribution in [1.82, 2.24) is 9.80 Å². The van der Waals surface area contributed by atoms with Gasteiger partial charge in [0.05, 0.1) is 29.8 Å². The van der Waals surface area contributed by atoms with Gasteiger partial charge in [-0.1, -0.05) is 32.0 Å². The second-order valence-electron chi connectivity index (χ2n) is 11.3. The quantitative estimate of drug-likeness (QED) is 0.396. The predicted molar refractivity (Wildman–Crippen MR) is 150 cm³/mol. The van der Waals surface area contributed by atoms with Gasteiger partial charge in [-0.25, -0.2) is 8.78 Å². The molecule has 2 aliphatic heterocycles. The molecule has 0 radical (unpaired) electrons. The molecule has 1 N–H and O–H groups in total. The average molecular weight is 538 g/mol. The molecule has 2 aromatic carbocycles. The number of carbonyl (C=O) groups is 1. The van der Waals surface area contributed by atoms with Crippen LogP contribution >= 0.6 is 0 Å². The third-order valence-corrected chi connectivity index (χ3v) is 8.92. The van der Waals surface area contributed by atoms with E-state index < -0.39 is 17.4 Å². The van der Waals surface area contributed by atoms with Crippen molar-refractivity contribution in [2.24, 2.45) is 5.92 Å². The summed E-state index contributed by atoms with van der Waals surface area (Å²) in [7, 11) is 0. The van der Waals surface area contributed by atoms with Crippen LogP contribution in [0.25, 0.3) is 11.1 Å². The summed E-state index contributed by atoms with van der Waals surface area (Å²) in [6.45, 7) is 6.60. The number of alkyl halides is 1. The van der Waals surface area contributed by atoms with Crippen molar-refractivity contribution in [2.75, 3.05) is 32.8 Å². The third kappa shape index (κ3) is 6.85. The van der Waals surface area contributed by atoms with Gasteiger partial charge in [-0.15, -0.1) is 0 Å². The SMILES string of the molecule is CCC(F)(CC)CN1CCC(CCc2ccc(-c3ccc(C(=O)N4CCCC4CO)c(F)c3)cc2C#N)CC1. The Bertz CT molecular complexity index is 1180. The van der Waals surface area contributed by atoms with Crippen LogP contribution < -0.4 is 0 Å². The van der Waals surface area contributed by atoms with Gasteiger partial charge in [0.15, 0.2) is 0 Å². The highest BCUT2D eigenvalue weighted by atomic mass is 19.1. The topological polar surface area (TPSA) is 67.6 Å². The van der Waals surface area contributed by atoms with Gasteiger partial charge >= 0.3 is 0 Å². The zero-order valence-electron chi connectivity index (χ0n) is 23.3. The van der Waals surface area contributed by atoms with Crippen molar-refractivity contribution in [3.8, 4) is 17.2 Å². The zero-order valence-corrected chi connectivity index (χ0v) is 23.3. The van der Waals surface area contributed by atoms with Crippen LogP contribution in [0.4, 0.5) is 8.78 Å². The maximum Gasteiger partial charge on any atom is 0.257 e. The van der Waals surface area contributed by atoms with Crippen molar-refractivity contribution in [1.29, 1.82) is 5.26 Å². The molecule has 0 saturated carbocycles. The summed E-state index contributed by atoms with van der Waals surface area (Å²) in [5, 5.41) is 19.3. The Labute approximate surface area is 231 Å². The van der Waals surface area contributed by atoms with Crippen LogP contribution in [0.15, 0.2) is 36.4 Å². The van der Waals surface area contributed by atoms with Crippen LogP contribution in [0.3, 0.4) is 0 Å². The Morgan fingerprint density at radius 1 is 1.08 bits per heavy atom. The number of aryl methyl sites for hydroxylation is 1. The number of rotatable bonds is 10. The first-order valence-electron chi connectivity index (χ1n) is 14.5. The highest BCUT2D eigenvalue weighted by molar-refractivity contribution is 5.95. The lowest BCUT2D eigenvalue weighted by molar-refractivity contribution is 0.0628.